The van der Waals surface area contributed by atoms with Crippen molar-refractivity contribution in [2.45, 2.75) is 19.4 Å². The summed E-state index contributed by atoms with van der Waals surface area (Å²) in [6, 6.07) is 4.12. The number of anilines is 1. The molecule has 0 radical (unpaired) electrons. The van der Waals surface area contributed by atoms with E-state index >= 15 is 0 Å². The minimum Gasteiger partial charge on any atom is -0.377 e. The molecule has 0 saturated carbocycles. The first kappa shape index (κ1) is 11.7. The second kappa shape index (κ2) is 4.94. The van der Waals surface area contributed by atoms with Gasteiger partial charge in [-0.05, 0) is 41.1 Å². The Balaban J connectivity index is 2.73. The van der Waals surface area contributed by atoms with Crippen molar-refractivity contribution in [1.82, 2.24) is 0 Å². The Labute approximate surface area is 94.6 Å². The molecule has 0 aliphatic carbocycles. The van der Waals surface area contributed by atoms with Crippen molar-refractivity contribution in [3.8, 4) is 0 Å². The fourth-order valence-corrected chi connectivity index (χ4v) is 1.34. The summed E-state index contributed by atoms with van der Waals surface area (Å²) < 4.78 is 25.1. The van der Waals surface area contributed by atoms with E-state index in [4.69, 9.17) is 11.6 Å². The molecule has 1 unspecified atom stereocenters. The predicted molar refractivity (Wildman–Crippen MR) is 58.2 cm³/mol. The summed E-state index contributed by atoms with van der Waals surface area (Å²) >= 11 is 9.02. The molecular formula is C9H9BrClF2N. The smallest absolute Gasteiger partial charge is 0.258 e. The highest BCUT2D eigenvalue weighted by molar-refractivity contribution is 9.10. The van der Waals surface area contributed by atoms with E-state index in [0.29, 0.717) is 10.7 Å². The maximum atomic E-state index is 12.2. The van der Waals surface area contributed by atoms with Crippen LogP contribution in [0.5, 0.6) is 0 Å². The molecule has 14 heavy (non-hydrogen) atoms. The van der Waals surface area contributed by atoms with Crippen molar-refractivity contribution in [3.63, 3.8) is 0 Å². The average molecular weight is 285 g/mol. The minimum absolute atomic E-state index is 0.497. The zero-order valence-corrected chi connectivity index (χ0v) is 9.74. The lowest BCUT2D eigenvalue weighted by molar-refractivity contribution is 0.131. The van der Waals surface area contributed by atoms with Gasteiger partial charge in [-0.3, -0.25) is 0 Å². The molecule has 0 heterocycles. The van der Waals surface area contributed by atoms with E-state index in [-0.39, 0.29) is 0 Å². The van der Waals surface area contributed by atoms with E-state index in [2.05, 4.69) is 21.2 Å². The summed E-state index contributed by atoms with van der Waals surface area (Å²) in [5.41, 5.74) is 0.589. The normalized spacial score (nSPS) is 13.0. The van der Waals surface area contributed by atoms with Crippen LogP contribution in [0.3, 0.4) is 0 Å². The van der Waals surface area contributed by atoms with Gasteiger partial charge in [0.2, 0.25) is 0 Å². The Morgan fingerprint density at radius 2 is 2.07 bits per heavy atom. The molecule has 0 bridgehead atoms. The molecule has 0 saturated heterocycles. The van der Waals surface area contributed by atoms with Crippen LogP contribution < -0.4 is 5.32 Å². The molecule has 1 aromatic carbocycles. The van der Waals surface area contributed by atoms with E-state index in [9.17, 15) is 8.78 Å². The van der Waals surface area contributed by atoms with Crippen molar-refractivity contribution < 1.29 is 8.78 Å². The first-order chi connectivity index (χ1) is 6.50. The fourth-order valence-electron chi connectivity index (χ4n) is 0.912. The van der Waals surface area contributed by atoms with Gasteiger partial charge in [0.15, 0.2) is 0 Å². The minimum atomic E-state index is -2.39. The van der Waals surface area contributed by atoms with Gasteiger partial charge in [-0.15, -0.1) is 0 Å². The van der Waals surface area contributed by atoms with Crippen molar-refractivity contribution in [1.29, 1.82) is 0 Å². The summed E-state index contributed by atoms with van der Waals surface area (Å²) in [4.78, 5) is 0. The van der Waals surface area contributed by atoms with Crippen LogP contribution in [0.4, 0.5) is 14.5 Å². The van der Waals surface area contributed by atoms with Crippen molar-refractivity contribution in [2.75, 3.05) is 5.32 Å². The summed E-state index contributed by atoms with van der Waals surface area (Å²) in [7, 11) is 0. The highest BCUT2D eigenvalue weighted by Crippen LogP contribution is 2.26. The van der Waals surface area contributed by atoms with Gasteiger partial charge < -0.3 is 5.32 Å². The zero-order valence-electron chi connectivity index (χ0n) is 7.40. The molecule has 0 aromatic heterocycles. The third kappa shape index (κ3) is 3.10. The van der Waals surface area contributed by atoms with Crippen LogP contribution in [0.1, 0.15) is 6.92 Å². The quantitative estimate of drug-likeness (QED) is 0.878. The second-order valence-electron chi connectivity index (χ2n) is 2.90. The lowest BCUT2D eigenvalue weighted by atomic mass is 10.3. The highest BCUT2D eigenvalue weighted by Gasteiger charge is 2.13. The Morgan fingerprint density at radius 1 is 1.43 bits per heavy atom. The van der Waals surface area contributed by atoms with Crippen LogP contribution in [0.15, 0.2) is 22.7 Å². The Kier molecular flexibility index (Phi) is 4.13. The van der Waals surface area contributed by atoms with Gasteiger partial charge in [-0.25, -0.2) is 8.78 Å². The maximum absolute atomic E-state index is 12.2. The number of alkyl halides is 2. The van der Waals surface area contributed by atoms with Gasteiger partial charge in [0.05, 0.1) is 11.1 Å². The van der Waals surface area contributed by atoms with Gasteiger partial charge >= 0.3 is 0 Å². The topological polar surface area (TPSA) is 12.0 Å². The third-order valence-electron chi connectivity index (χ3n) is 1.69. The Hall–Kier alpha value is -0.350. The van der Waals surface area contributed by atoms with Crippen LogP contribution >= 0.6 is 27.5 Å². The van der Waals surface area contributed by atoms with Crippen LogP contribution in [0, 0.1) is 0 Å². The molecule has 0 aliphatic rings. The molecule has 0 aliphatic heterocycles. The number of hydrogen-bond donors (Lipinski definition) is 1. The van der Waals surface area contributed by atoms with E-state index in [1.54, 1.807) is 18.2 Å². The SMILES string of the molecule is CC(Nc1ccc(Br)c(Cl)c1)C(F)F. The van der Waals surface area contributed by atoms with Crippen molar-refractivity contribution >= 4 is 33.2 Å². The Bertz CT molecular complexity index is 320. The molecule has 1 rings (SSSR count). The second-order valence-corrected chi connectivity index (χ2v) is 4.16. The average Bonchev–Trinajstić information content (AvgIpc) is 2.11. The molecule has 0 amide bonds. The lowest BCUT2D eigenvalue weighted by Crippen LogP contribution is -2.23. The summed E-state index contributed by atoms with van der Waals surface area (Å²) in [5, 5.41) is 3.15. The monoisotopic (exact) mass is 283 g/mol. The first-order valence-corrected chi connectivity index (χ1v) is 5.17. The number of halogens is 4. The number of hydrogen-bond acceptors (Lipinski definition) is 1. The van der Waals surface area contributed by atoms with Gasteiger partial charge in [0.1, 0.15) is 0 Å². The highest BCUT2D eigenvalue weighted by atomic mass is 79.9. The van der Waals surface area contributed by atoms with Gasteiger partial charge in [-0.1, -0.05) is 11.6 Å². The maximum Gasteiger partial charge on any atom is 0.258 e. The molecular weight excluding hydrogens is 275 g/mol. The molecule has 0 fully saturated rings. The van der Waals surface area contributed by atoms with Crippen molar-refractivity contribution in [3.05, 3.63) is 27.7 Å². The number of benzene rings is 1. The summed E-state index contributed by atoms with van der Waals surface area (Å²) in [6.07, 6.45) is -2.39. The summed E-state index contributed by atoms with van der Waals surface area (Å²) in [6.45, 7) is 1.42. The first-order valence-electron chi connectivity index (χ1n) is 4.00. The molecule has 1 nitrogen and oxygen atoms in total. The fraction of sp³-hybridized carbons (Fsp3) is 0.333. The van der Waals surface area contributed by atoms with E-state index < -0.39 is 12.5 Å². The molecule has 5 heteroatoms. The Morgan fingerprint density at radius 3 is 2.57 bits per heavy atom. The molecule has 1 aromatic rings. The van der Waals surface area contributed by atoms with Crippen LogP contribution in [-0.2, 0) is 0 Å². The lowest BCUT2D eigenvalue weighted by Gasteiger charge is -2.14. The molecule has 78 valence electrons. The zero-order chi connectivity index (χ0) is 10.7. The standard InChI is InChI=1S/C9H9BrClF2N/c1-5(9(12)13)14-6-2-3-7(10)8(11)4-6/h2-5,9,14H,1H3. The number of rotatable bonds is 3. The van der Waals surface area contributed by atoms with E-state index in [1.807, 2.05) is 0 Å². The van der Waals surface area contributed by atoms with Gasteiger partial charge in [0, 0.05) is 10.2 Å². The summed E-state index contributed by atoms with van der Waals surface area (Å²) in [5.74, 6) is 0. The number of nitrogens with one attached hydrogen (secondary N) is 1. The van der Waals surface area contributed by atoms with E-state index in [1.165, 1.54) is 6.92 Å². The third-order valence-corrected chi connectivity index (χ3v) is 2.92. The van der Waals surface area contributed by atoms with Crippen LogP contribution in [-0.4, -0.2) is 12.5 Å². The molecule has 1 atom stereocenters. The largest absolute Gasteiger partial charge is 0.377 e. The van der Waals surface area contributed by atoms with E-state index in [0.717, 1.165) is 4.47 Å². The molecule has 1 N–H and O–H groups in total. The molecule has 0 spiro atoms. The van der Waals surface area contributed by atoms with Crippen LogP contribution in [0.2, 0.25) is 5.02 Å². The van der Waals surface area contributed by atoms with Crippen LogP contribution in [0.25, 0.3) is 0 Å². The van der Waals surface area contributed by atoms with Crippen molar-refractivity contribution in [2.24, 2.45) is 0 Å². The predicted octanol–water partition coefficient (Wildman–Crippen LogP) is 4.17. The van der Waals surface area contributed by atoms with Gasteiger partial charge in [-0.2, -0.15) is 0 Å². The van der Waals surface area contributed by atoms with Gasteiger partial charge in [0.25, 0.3) is 6.43 Å².